The van der Waals surface area contributed by atoms with Crippen LogP contribution in [0.5, 0.6) is 0 Å². The summed E-state index contributed by atoms with van der Waals surface area (Å²) < 4.78 is 2.00. The molecule has 0 saturated carbocycles. The van der Waals surface area contributed by atoms with E-state index in [4.69, 9.17) is 0 Å². The summed E-state index contributed by atoms with van der Waals surface area (Å²) in [6.07, 6.45) is 4.89. The lowest BCUT2D eigenvalue weighted by atomic mass is 10.0. The van der Waals surface area contributed by atoms with Gasteiger partial charge in [0.05, 0.1) is 13.1 Å². The topological polar surface area (TPSA) is 63.1 Å². The molecule has 4 rings (SSSR count). The smallest absolute Gasteiger partial charge is 0.240 e. The summed E-state index contributed by atoms with van der Waals surface area (Å²) in [6, 6.07) is 8.52. The molecule has 2 aliphatic rings. The maximum absolute atomic E-state index is 12.7. The van der Waals surface area contributed by atoms with Gasteiger partial charge in [-0.1, -0.05) is 25.1 Å². The molecule has 1 aromatic carbocycles. The van der Waals surface area contributed by atoms with Gasteiger partial charge >= 0.3 is 0 Å². The molecule has 6 heteroatoms. The Morgan fingerprint density at radius 2 is 2.20 bits per heavy atom. The van der Waals surface area contributed by atoms with Gasteiger partial charge < -0.3 is 10.2 Å². The summed E-state index contributed by atoms with van der Waals surface area (Å²) in [7, 11) is 0. The summed E-state index contributed by atoms with van der Waals surface area (Å²) in [4.78, 5) is 19.2. The minimum atomic E-state index is 0.158. The second-order valence-electron chi connectivity index (χ2n) is 6.87. The molecule has 25 heavy (non-hydrogen) atoms. The zero-order valence-electron chi connectivity index (χ0n) is 14.7. The third-order valence-electron chi connectivity index (χ3n) is 5.17. The van der Waals surface area contributed by atoms with Gasteiger partial charge in [-0.15, -0.1) is 0 Å². The average molecular weight is 339 g/mol. The maximum Gasteiger partial charge on any atom is 0.240 e. The summed E-state index contributed by atoms with van der Waals surface area (Å²) in [5.41, 5.74) is 2.36. The number of nitrogens with zero attached hydrogens (tertiary/aromatic N) is 4. The SMILES string of the molecule is CCc1nc2n(n1)C[C@H](NCC(=O)N1CCCc3ccccc31)CC2. The van der Waals surface area contributed by atoms with Crippen molar-refractivity contribution < 1.29 is 4.79 Å². The molecule has 6 nitrogen and oxygen atoms in total. The predicted molar refractivity (Wildman–Crippen MR) is 96.6 cm³/mol. The first kappa shape index (κ1) is 16.3. The van der Waals surface area contributed by atoms with Gasteiger partial charge in [-0.25, -0.2) is 9.67 Å². The number of anilines is 1. The second kappa shape index (κ2) is 6.96. The molecule has 0 bridgehead atoms. The van der Waals surface area contributed by atoms with Crippen LogP contribution in [0.4, 0.5) is 5.69 Å². The van der Waals surface area contributed by atoms with E-state index in [9.17, 15) is 4.79 Å². The van der Waals surface area contributed by atoms with Crippen molar-refractivity contribution >= 4 is 11.6 Å². The molecule has 3 heterocycles. The number of carbonyl (C=O) groups excluding carboxylic acids is 1. The molecule has 2 aliphatic heterocycles. The minimum Gasteiger partial charge on any atom is -0.311 e. The van der Waals surface area contributed by atoms with Crippen molar-refractivity contribution in [3.63, 3.8) is 0 Å². The highest BCUT2D eigenvalue weighted by atomic mass is 16.2. The molecule has 1 N–H and O–H groups in total. The Kier molecular flexibility index (Phi) is 4.53. The number of amides is 1. The van der Waals surface area contributed by atoms with Gasteiger partial charge in [-0.2, -0.15) is 5.10 Å². The number of hydrogen-bond donors (Lipinski definition) is 1. The van der Waals surface area contributed by atoms with Crippen molar-refractivity contribution in [3.05, 3.63) is 41.5 Å². The van der Waals surface area contributed by atoms with Crippen LogP contribution in [0.25, 0.3) is 0 Å². The quantitative estimate of drug-likeness (QED) is 0.921. The van der Waals surface area contributed by atoms with E-state index in [2.05, 4.69) is 34.5 Å². The summed E-state index contributed by atoms with van der Waals surface area (Å²) in [5.74, 6) is 2.15. The fourth-order valence-electron chi connectivity index (χ4n) is 3.80. The molecule has 132 valence electrons. The molecule has 1 aromatic heterocycles. The van der Waals surface area contributed by atoms with Crippen LogP contribution < -0.4 is 10.2 Å². The van der Waals surface area contributed by atoms with E-state index in [1.807, 2.05) is 21.7 Å². The van der Waals surface area contributed by atoms with Crippen molar-refractivity contribution in [2.24, 2.45) is 0 Å². The fraction of sp³-hybridized carbons (Fsp3) is 0.526. The Labute approximate surface area is 148 Å². The molecule has 1 amide bonds. The number of aryl methyl sites for hydroxylation is 3. The lowest BCUT2D eigenvalue weighted by Gasteiger charge is -2.30. The van der Waals surface area contributed by atoms with Gasteiger partial charge in [0.2, 0.25) is 5.91 Å². The number of carbonyl (C=O) groups is 1. The van der Waals surface area contributed by atoms with Crippen LogP contribution in [0.15, 0.2) is 24.3 Å². The Morgan fingerprint density at radius 3 is 3.08 bits per heavy atom. The largest absolute Gasteiger partial charge is 0.311 e. The van der Waals surface area contributed by atoms with Gasteiger partial charge in [-0.05, 0) is 30.9 Å². The first-order valence-corrected chi connectivity index (χ1v) is 9.29. The molecule has 1 atom stereocenters. The third-order valence-corrected chi connectivity index (χ3v) is 5.17. The second-order valence-corrected chi connectivity index (χ2v) is 6.87. The predicted octanol–water partition coefficient (Wildman–Crippen LogP) is 1.72. The molecule has 0 aliphatic carbocycles. The van der Waals surface area contributed by atoms with E-state index in [0.717, 1.165) is 62.5 Å². The molecule has 0 spiro atoms. The number of aromatic nitrogens is 3. The van der Waals surface area contributed by atoms with E-state index in [0.29, 0.717) is 6.54 Å². The van der Waals surface area contributed by atoms with Crippen molar-refractivity contribution in [3.8, 4) is 0 Å². The van der Waals surface area contributed by atoms with Crippen LogP contribution in [0, 0.1) is 0 Å². The van der Waals surface area contributed by atoms with Crippen molar-refractivity contribution in [1.82, 2.24) is 20.1 Å². The Bertz CT molecular complexity index is 769. The van der Waals surface area contributed by atoms with Crippen molar-refractivity contribution in [2.45, 2.75) is 51.6 Å². The monoisotopic (exact) mass is 339 g/mol. The highest BCUT2D eigenvalue weighted by Gasteiger charge is 2.25. The Balaban J connectivity index is 1.37. The van der Waals surface area contributed by atoms with E-state index < -0.39 is 0 Å². The zero-order chi connectivity index (χ0) is 17.2. The number of nitrogens with one attached hydrogen (secondary N) is 1. The lowest BCUT2D eigenvalue weighted by molar-refractivity contribution is -0.118. The highest BCUT2D eigenvalue weighted by molar-refractivity contribution is 5.95. The minimum absolute atomic E-state index is 0.158. The Hall–Kier alpha value is -2.21. The number of rotatable bonds is 4. The summed E-state index contributed by atoms with van der Waals surface area (Å²) in [5, 5.41) is 7.97. The van der Waals surface area contributed by atoms with E-state index >= 15 is 0 Å². The van der Waals surface area contributed by atoms with E-state index in [-0.39, 0.29) is 11.9 Å². The molecule has 2 aromatic rings. The molecule has 0 saturated heterocycles. The fourth-order valence-corrected chi connectivity index (χ4v) is 3.80. The summed E-state index contributed by atoms with van der Waals surface area (Å²) in [6.45, 7) is 4.07. The standard InChI is InChI=1S/C19H25N5O/c1-2-17-21-18-10-9-15(13-24(18)22-17)20-12-19(25)23-11-5-7-14-6-3-4-8-16(14)23/h3-4,6,8,15,20H,2,5,7,9-13H2,1H3/t15-/m1/s1. The van der Waals surface area contributed by atoms with Crippen LogP contribution in [0.1, 0.15) is 37.0 Å². The molecular weight excluding hydrogens is 314 g/mol. The van der Waals surface area contributed by atoms with Crippen LogP contribution in [-0.2, 0) is 30.6 Å². The number of para-hydroxylation sites is 1. The van der Waals surface area contributed by atoms with Gasteiger partial charge in [0.1, 0.15) is 5.82 Å². The number of hydrogen-bond acceptors (Lipinski definition) is 4. The third kappa shape index (κ3) is 3.31. The van der Waals surface area contributed by atoms with Gasteiger partial charge in [0.25, 0.3) is 0 Å². The molecular formula is C19H25N5O. The van der Waals surface area contributed by atoms with Gasteiger partial charge in [-0.3, -0.25) is 4.79 Å². The van der Waals surface area contributed by atoms with Gasteiger partial charge in [0, 0.05) is 31.1 Å². The maximum atomic E-state index is 12.7. The molecule has 0 fully saturated rings. The first-order chi connectivity index (χ1) is 12.2. The number of benzene rings is 1. The zero-order valence-corrected chi connectivity index (χ0v) is 14.7. The van der Waals surface area contributed by atoms with E-state index in [1.165, 1.54) is 5.56 Å². The van der Waals surface area contributed by atoms with Crippen molar-refractivity contribution in [2.75, 3.05) is 18.0 Å². The number of fused-ring (bicyclic) bond motifs is 2. The summed E-state index contributed by atoms with van der Waals surface area (Å²) >= 11 is 0. The van der Waals surface area contributed by atoms with E-state index in [1.54, 1.807) is 0 Å². The Morgan fingerprint density at radius 1 is 1.32 bits per heavy atom. The van der Waals surface area contributed by atoms with Crippen molar-refractivity contribution in [1.29, 1.82) is 0 Å². The highest BCUT2D eigenvalue weighted by Crippen LogP contribution is 2.26. The van der Waals surface area contributed by atoms with Crippen LogP contribution >= 0.6 is 0 Å². The lowest BCUT2D eigenvalue weighted by Crippen LogP contribution is -2.46. The van der Waals surface area contributed by atoms with Crippen LogP contribution in [0.3, 0.4) is 0 Å². The van der Waals surface area contributed by atoms with Crippen LogP contribution in [-0.4, -0.2) is 39.8 Å². The molecule has 0 radical (unpaired) electrons. The van der Waals surface area contributed by atoms with Crippen LogP contribution in [0.2, 0.25) is 0 Å². The molecule has 0 unspecified atom stereocenters. The normalized spacial score (nSPS) is 19.4. The first-order valence-electron chi connectivity index (χ1n) is 9.29. The van der Waals surface area contributed by atoms with Gasteiger partial charge in [0.15, 0.2) is 5.82 Å². The average Bonchev–Trinajstić information content (AvgIpc) is 3.08.